The first-order chi connectivity index (χ1) is 9.23. The third-order valence-electron chi connectivity index (χ3n) is 3.17. The van der Waals surface area contributed by atoms with Gasteiger partial charge in [-0.3, -0.25) is 0 Å². The number of sulfone groups is 1. The van der Waals surface area contributed by atoms with Gasteiger partial charge in [-0.05, 0) is 22.9 Å². The Hall–Kier alpha value is -1.53. The highest BCUT2D eigenvalue weighted by molar-refractivity contribution is 7.92. The van der Waals surface area contributed by atoms with E-state index in [1.54, 1.807) is 18.2 Å². The van der Waals surface area contributed by atoms with Crippen molar-refractivity contribution >= 4 is 43.0 Å². The Bertz CT molecular complexity index is 916. The van der Waals surface area contributed by atoms with Crippen molar-refractivity contribution in [3.8, 4) is 0 Å². The second-order valence-corrected chi connectivity index (χ2v) is 6.64. The summed E-state index contributed by atoms with van der Waals surface area (Å²) in [5.74, 6) is 0. The number of halogens is 4. The number of hydrogen-bond donors (Lipinski definition) is 0. The molecule has 7 heteroatoms. The smallest absolute Gasteiger partial charge is 0.214 e. The minimum absolute atomic E-state index is 0.0230. The fourth-order valence-electron chi connectivity index (χ4n) is 2.28. The van der Waals surface area contributed by atoms with Crippen molar-refractivity contribution in [3.63, 3.8) is 0 Å². The summed E-state index contributed by atoms with van der Waals surface area (Å²) in [5, 5.41) is 1.59. The monoisotopic (exact) mass is 318 g/mol. The highest BCUT2D eigenvalue weighted by Crippen LogP contribution is 2.41. The lowest BCUT2D eigenvalue weighted by Gasteiger charge is -2.14. The number of hydrogen-bond acceptors (Lipinski definition) is 2. The molecule has 0 fully saturated rings. The third-order valence-corrected chi connectivity index (χ3v) is 5.01. The minimum atomic E-state index is -5.42. The second kappa shape index (κ2) is 3.99. The standard InChI is InChI=1S/C13H6ClF3O2S/c14-10-6-7-4-5-9(10)12-8(7)2-1-3-11(12)20(18,19)13(15,16)17/h1-6H. The average Bonchev–Trinajstić information content (AvgIpc) is 2.37. The summed E-state index contributed by atoms with van der Waals surface area (Å²) < 4.78 is 61.6. The van der Waals surface area contributed by atoms with Gasteiger partial charge in [0.05, 0.1) is 4.90 Å². The van der Waals surface area contributed by atoms with E-state index in [0.717, 1.165) is 6.07 Å². The molecule has 104 valence electrons. The van der Waals surface area contributed by atoms with Crippen LogP contribution in [0.5, 0.6) is 0 Å². The van der Waals surface area contributed by atoms with E-state index in [9.17, 15) is 21.6 Å². The molecule has 2 bridgehead atoms. The van der Waals surface area contributed by atoms with Gasteiger partial charge in [0.1, 0.15) is 0 Å². The zero-order chi connectivity index (χ0) is 14.7. The number of fused-ring (bicyclic) bond motifs is 2. The molecule has 0 atom stereocenters. The van der Waals surface area contributed by atoms with Gasteiger partial charge in [-0.15, -0.1) is 0 Å². The first-order valence-electron chi connectivity index (χ1n) is 5.48. The van der Waals surface area contributed by atoms with Gasteiger partial charge in [0.2, 0.25) is 0 Å². The van der Waals surface area contributed by atoms with Crippen LogP contribution in [0.3, 0.4) is 0 Å². The van der Waals surface area contributed by atoms with Crippen LogP contribution < -0.4 is 0 Å². The topological polar surface area (TPSA) is 34.1 Å². The van der Waals surface area contributed by atoms with Crippen LogP contribution >= 0.6 is 11.6 Å². The molecule has 0 aromatic heterocycles. The molecule has 0 aliphatic heterocycles. The Morgan fingerprint density at radius 1 is 1.00 bits per heavy atom. The highest BCUT2D eigenvalue weighted by atomic mass is 35.5. The molecule has 0 aliphatic rings. The van der Waals surface area contributed by atoms with E-state index in [-0.39, 0.29) is 10.4 Å². The van der Waals surface area contributed by atoms with Crippen LogP contribution in [-0.4, -0.2) is 13.9 Å². The molecule has 0 spiro atoms. The molecule has 4 aromatic rings. The predicted molar refractivity (Wildman–Crippen MR) is 70.9 cm³/mol. The van der Waals surface area contributed by atoms with E-state index in [4.69, 9.17) is 11.6 Å². The summed E-state index contributed by atoms with van der Waals surface area (Å²) >= 11 is 5.95. The fourth-order valence-corrected chi connectivity index (χ4v) is 3.55. The first kappa shape index (κ1) is 13.5. The van der Waals surface area contributed by atoms with Crippen molar-refractivity contribution < 1.29 is 21.6 Å². The van der Waals surface area contributed by atoms with Gasteiger partial charge in [-0.2, -0.15) is 13.2 Å². The van der Waals surface area contributed by atoms with Crippen LogP contribution in [0.25, 0.3) is 21.5 Å². The van der Waals surface area contributed by atoms with Crippen LogP contribution in [0.15, 0.2) is 41.3 Å². The summed E-state index contributed by atoms with van der Waals surface area (Å²) in [7, 11) is -5.42. The van der Waals surface area contributed by atoms with Crippen molar-refractivity contribution in [1.82, 2.24) is 0 Å². The SMILES string of the molecule is O=S(=O)(c1cccc2c3ccc(c(Cl)c3)c12)C(F)(F)F. The van der Waals surface area contributed by atoms with Crippen molar-refractivity contribution in [2.75, 3.05) is 0 Å². The zero-order valence-electron chi connectivity index (χ0n) is 9.70. The lowest BCUT2D eigenvalue weighted by atomic mass is 9.99. The lowest BCUT2D eigenvalue weighted by molar-refractivity contribution is -0.0435. The number of benzene rings is 4. The van der Waals surface area contributed by atoms with Crippen molar-refractivity contribution in [3.05, 3.63) is 41.4 Å². The molecule has 0 saturated carbocycles. The molecular formula is C13H6ClF3O2S. The van der Waals surface area contributed by atoms with Gasteiger partial charge in [-0.25, -0.2) is 8.42 Å². The van der Waals surface area contributed by atoms with Crippen LogP contribution in [-0.2, 0) is 9.84 Å². The van der Waals surface area contributed by atoms with Crippen molar-refractivity contribution in [1.29, 1.82) is 0 Å². The van der Waals surface area contributed by atoms with Crippen LogP contribution in [0.2, 0.25) is 5.02 Å². The Balaban J connectivity index is 2.53. The van der Waals surface area contributed by atoms with Crippen LogP contribution in [0.4, 0.5) is 13.2 Å². The van der Waals surface area contributed by atoms with Crippen molar-refractivity contribution in [2.45, 2.75) is 10.4 Å². The Morgan fingerprint density at radius 2 is 1.70 bits per heavy atom. The molecule has 0 amide bonds. The highest BCUT2D eigenvalue weighted by Gasteiger charge is 2.47. The number of alkyl halides is 3. The van der Waals surface area contributed by atoms with E-state index in [1.165, 1.54) is 12.1 Å². The maximum absolute atomic E-state index is 12.8. The maximum atomic E-state index is 12.8. The molecule has 0 radical (unpaired) electrons. The molecule has 0 aliphatic carbocycles. The minimum Gasteiger partial charge on any atom is -0.214 e. The van der Waals surface area contributed by atoms with Gasteiger partial charge >= 0.3 is 5.51 Å². The normalized spacial score (nSPS) is 13.4. The van der Waals surface area contributed by atoms with E-state index in [2.05, 4.69) is 0 Å². The molecule has 20 heavy (non-hydrogen) atoms. The molecule has 2 nitrogen and oxygen atoms in total. The number of rotatable bonds is 1. The fraction of sp³-hybridized carbons (Fsp3) is 0.0769. The lowest BCUT2D eigenvalue weighted by Crippen LogP contribution is -2.23. The zero-order valence-corrected chi connectivity index (χ0v) is 11.3. The van der Waals surface area contributed by atoms with E-state index >= 15 is 0 Å². The molecule has 4 aromatic carbocycles. The molecule has 4 rings (SSSR count). The Morgan fingerprint density at radius 3 is 2.30 bits per heavy atom. The van der Waals surface area contributed by atoms with Crippen LogP contribution in [0, 0.1) is 0 Å². The summed E-state index contributed by atoms with van der Waals surface area (Å²) in [6, 6.07) is 8.63. The van der Waals surface area contributed by atoms with Gasteiger partial charge < -0.3 is 0 Å². The van der Waals surface area contributed by atoms with Gasteiger partial charge in [-0.1, -0.05) is 35.9 Å². The van der Waals surface area contributed by atoms with Gasteiger partial charge in [0, 0.05) is 15.8 Å². The van der Waals surface area contributed by atoms with E-state index in [1.807, 2.05) is 0 Å². The quantitative estimate of drug-likeness (QED) is 0.667. The summed E-state index contributed by atoms with van der Waals surface area (Å²) in [6.45, 7) is 0. The Labute approximate surface area is 117 Å². The van der Waals surface area contributed by atoms with E-state index in [0.29, 0.717) is 16.2 Å². The summed E-state index contributed by atoms with van der Waals surface area (Å²) in [5.41, 5.74) is -5.34. The molecule has 0 saturated heterocycles. The average molecular weight is 319 g/mol. The molecular weight excluding hydrogens is 313 g/mol. The largest absolute Gasteiger partial charge is 0.501 e. The predicted octanol–water partition coefficient (Wildman–Crippen LogP) is 4.38. The van der Waals surface area contributed by atoms with E-state index < -0.39 is 20.2 Å². The molecule has 0 unspecified atom stereocenters. The Kier molecular flexibility index (Phi) is 2.68. The molecule has 0 N–H and O–H groups in total. The van der Waals surface area contributed by atoms with Gasteiger partial charge in [0.15, 0.2) is 0 Å². The second-order valence-electron chi connectivity index (χ2n) is 4.32. The summed E-state index contributed by atoms with van der Waals surface area (Å²) in [4.78, 5) is -0.759. The molecule has 0 heterocycles. The summed E-state index contributed by atoms with van der Waals surface area (Å²) in [6.07, 6.45) is 0. The maximum Gasteiger partial charge on any atom is 0.501 e. The third kappa shape index (κ3) is 1.68. The first-order valence-corrected chi connectivity index (χ1v) is 7.34. The van der Waals surface area contributed by atoms with Crippen LogP contribution in [0.1, 0.15) is 0 Å². The van der Waals surface area contributed by atoms with Crippen molar-refractivity contribution in [2.24, 2.45) is 0 Å². The van der Waals surface area contributed by atoms with Gasteiger partial charge in [0.25, 0.3) is 9.84 Å².